The molecule has 0 saturated carbocycles. The van der Waals surface area contributed by atoms with E-state index in [0.717, 1.165) is 16.6 Å². The molecule has 0 amide bonds. The molecule has 1 aliphatic rings. The molecule has 3 aromatic rings. The number of benzene rings is 2. The van der Waals surface area contributed by atoms with Crippen molar-refractivity contribution in [2.75, 3.05) is 5.32 Å². The van der Waals surface area contributed by atoms with Gasteiger partial charge in [-0.3, -0.25) is 0 Å². The predicted molar refractivity (Wildman–Crippen MR) is 98.1 cm³/mol. The number of hydrogen-bond acceptors (Lipinski definition) is 2. The number of fused-ring (bicyclic) bond motifs is 4. The molecule has 116 valence electrons. The normalized spacial score (nSPS) is 16.1. The molecule has 3 heteroatoms. The highest BCUT2D eigenvalue weighted by molar-refractivity contribution is 6.30. The van der Waals surface area contributed by atoms with E-state index in [2.05, 4.69) is 61.4 Å². The summed E-state index contributed by atoms with van der Waals surface area (Å²) in [4.78, 5) is 4.57. The molecule has 2 nitrogen and oxygen atoms in total. The van der Waals surface area contributed by atoms with Crippen molar-refractivity contribution in [2.45, 2.75) is 32.6 Å². The summed E-state index contributed by atoms with van der Waals surface area (Å²) in [6.45, 7) is 6.73. The van der Waals surface area contributed by atoms with Crippen molar-refractivity contribution in [1.82, 2.24) is 4.98 Å². The Bertz CT molecular complexity index is 915. The molecule has 1 atom stereocenters. The first-order chi connectivity index (χ1) is 11.1. The van der Waals surface area contributed by atoms with Crippen LogP contribution in [0.1, 0.15) is 49.3 Å². The number of aromatic nitrogens is 1. The molecule has 4 rings (SSSR count). The van der Waals surface area contributed by atoms with Crippen LogP contribution in [-0.2, 0) is 0 Å². The van der Waals surface area contributed by atoms with Crippen molar-refractivity contribution in [3.05, 3.63) is 64.3 Å². The smallest absolute Gasteiger partial charge is 0.129 e. The van der Waals surface area contributed by atoms with Gasteiger partial charge in [-0.15, -0.1) is 0 Å². The van der Waals surface area contributed by atoms with Gasteiger partial charge in [0.2, 0.25) is 0 Å². The Labute approximate surface area is 141 Å². The van der Waals surface area contributed by atoms with Crippen molar-refractivity contribution in [3.63, 3.8) is 0 Å². The lowest BCUT2D eigenvalue weighted by atomic mass is 9.83. The Morgan fingerprint density at radius 1 is 1.00 bits per heavy atom. The Kier molecular flexibility index (Phi) is 3.31. The molecule has 1 unspecified atom stereocenters. The molecule has 0 spiro atoms. The van der Waals surface area contributed by atoms with Gasteiger partial charge in [0, 0.05) is 17.0 Å². The maximum Gasteiger partial charge on any atom is 0.129 e. The molecule has 0 aliphatic carbocycles. The maximum absolute atomic E-state index is 6.14. The zero-order valence-corrected chi connectivity index (χ0v) is 14.3. The molecule has 1 N–H and O–H groups in total. The quantitative estimate of drug-likeness (QED) is 0.538. The number of hydrogen-bond donors (Lipinski definition) is 1. The third-order valence-electron chi connectivity index (χ3n) is 4.79. The highest BCUT2D eigenvalue weighted by Gasteiger charge is 2.26. The van der Waals surface area contributed by atoms with Crippen molar-refractivity contribution in [3.8, 4) is 0 Å². The van der Waals surface area contributed by atoms with Gasteiger partial charge in [0.15, 0.2) is 0 Å². The van der Waals surface area contributed by atoms with Crippen LogP contribution in [0.15, 0.2) is 42.5 Å². The van der Waals surface area contributed by atoms with E-state index in [9.17, 15) is 0 Å². The van der Waals surface area contributed by atoms with Crippen LogP contribution in [-0.4, -0.2) is 4.98 Å². The molecule has 23 heavy (non-hydrogen) atoms. The van der Waals surface area contributed by atoms with Gasteiger partial charge in [0.1, 0.15) is 5.15 Å². The minimum absolute atomic E-state index is 0.338. The number of rotatable bonds is 1. The average molecular weight is 323 g/mol. The van der Waals surface area contributed by atoms with Gasteiger partial charge in [-0.1, -0.05) is 62.7 Å². The Morgan fingerprint density at radius 2 is 1.74 bits per heavy atom. The molecule has 0 fully saturated rings. The van der Waals surface area contributed by atoms with Gasteiger partial charge >= 0.3 is 0 Å². The first-order valence-corrected chi connectivity index (χ1v) is 8.43. The lowest BCUT2D eigenvalue weighted by molar-refractivity contribution is 0.849. The number of nitrogens with zero attached hydrogens (tertiary/aromatic N) is 1. The largest absolute Gasteiger partial charge is 0.353 e. The van der Waals surface area contributed by atoms with Crippen LogP contribution in [0, 0.1) is 0 Å². The Hall–Kier alpha value is -2.06. The molecule has 2 aromatic carbocycles. The van der Waals surface area contributed by atoms with Crippen molar-refractivity contribution >= 4 is 33.9 Å². The van der Waals surface area contributed by atoms with E-state index in [1.807, 2.05) is 12.1 Å². The van der Waals surface area contributed by atoms with Crippen LogP contribution in [0.2, 0.25) is 5.15 Å². The van der Waals surface area contributed by atoms with Crippen LogP contribution in [0.5, 0.6) is 0 Å². The number of pyridine rings is 1. The Balaban J connectivity index is 2.00. The van der Waals surface area contributed by atoms with E-state index in [1.54, 1.807) is 0 Å². The third-order valence-corrected chi connectivity index (χ3v) is 5.00. The van der Waals surface area contributed by atoms with E-state index >= 15 is 0 Å². The first kappa shape index (κ1) is 14.5. The van der Waals surface area contributed by atoms with Crippen LogP contribution >= 0.6 is 11.6 Å². The zero-order valence-electron chi connectivity index (χ0n) is 13.5. The zero-order chi connectivity index (χ0) is 16.1. The van der Waals surface area contributed by atoms with Crippen LogP contribution in [0.4, 0.5) is 11.4 Å². The molecular formula is C20H19ClN2. The molecule has 1 aliphatic heterocycles. The van der Waals surface area contributed by atoms with E-state index in [0.29, 0.717) is 17.0 Å². The number of nitrogens with one attached hydrogen (secondary N) is 1. The van der Waals surface area contributed by atoms with Gasteiger partial charge in [-0.05, 0) is 34.7 Å². The molecule has 0 saturated heterocycles. The van der Waals surface area contributed by atoms with E-state index in [-0.39, 0.29) is 0 Å². The summed E-state index contributed by atoms with van der Waals surface area (Å²) in [6, 6.07) is 14.8. The standard InChI is InChI=1S/C20H19ClN2/c1-11(2)14-5-4-6-15-12(3)16-9-7-13-8-10-17(21)22-18(13)20(16)23-19(14)15/h4-12,23H,1-3H3. The lowest BCUT2D eigenvalue weighted by Crippen LogP contribution is -2.13. The van der Waals surface area contributed by atoms with Gasteiger partial charge in [-0.2, -0.15) is 0 Å². The number of para-hydroxylation sites is 1. The SMILES string of the molecule is CC(C)c1cccc2c1Nc1c(ccc3ccc(Cl)nc13)C2C. The first-order valence-electron chi connectivity index (χ1n) is 8.05. The fraction of sp³-hybridized carbons (Fsp3) is 0.250. The predicted octanol–water partition coefficient (Wildman–Crippen LogP) is 6.22. The van der Waals surface area contributed by atoms with Crippen LogP contribution in [0.25, 0.3) is 10.9 Å². The fourth-order valence-electron chi connectivity index (χ4n) is 3.54. The lowest BCUT2D eigenvalue weighted by Gasteiger charge is -2.30. The monoisotopic (exact) mass is 322 g/mol. The highest BCUT2D eigenvalue weighted by atomic mass is 35.5. The summed E-state index contributed by atoms with van der Waals surface area (Å²) < 4.78 is 0. The second-order valence-corrected chi connectivity index (χ2v) is 6.94. The second-order valence-electron chi connectivity index (χ2n) is 6.55. The van der Waals surface area contributed by atoms with Crippen molar-refractivity contribution < 1.29 is 0 Å². The minimum atomic E-state index is 0.338. The summed E-state index contributed by atoms with van der Waals surface area (Å²) in [7, 11) is 0. The second kappa shape index (κ2) is 5.24. The number of halogens is 1. The summed E-state index contributed by atoms with van der Waals surface area (Å²) in [5, 5.41) is 5.31. The summed E-state index contributed by atoms with van der Waals surface area (Å²) >= 11 is 6.14. The van der Waals surface area contributed by atoms with Crippen LogP contribution in [0.3, 0.4) is 0 Å². The maximum atomic E-state index is 6.14. The topological polar surface area (TPSA) is 24.9 Å². The molecular weight excluding hydrogens is 304 g/mol. The van der Waals surface area contributed by atoms with Crippen molar-refractivity contribution in [2.24, 2.45) is 0 Å². The molecule has 1 aromatic heterocycles. The number of anilines is 2. The summed E-state index contributed by atoms with van der Waals surface area (Å²) in [5.74, 6) is 0.808. The van der Waals surface area contributed by atoms with E-state index < -0.39 is 0 Å². The van der Waals surface area contributed by atoms with Crippen molar-refractivity contribution in [1.29, 1.82) is 0 Å². The summed E-state index contributed by atoms with van der Waals surface area (Å²) in [5.41, 5.74) is 7.26. The third kappa shape index (κ3) is 2.21. The fourth-order valence-corrected chi connectivity index (χ4v) is 3.69. The van der Waals surface area contributed by atoms with Gasteiger partial charge < -0.3 is 5.32 Å². The molecule has 0 bridgehead atoms. The Morgan fingerprint density at radius 3 is 2.52 bits per heavy atom. The summed E-state index contributed by atoms with van der Waals surface area (Å²) in [6.07, 6.45) is 0. The highest BCUT2D eigenvalue weighted by Crippen LogP contribution is 2.46. The van der Waals surface area contributed by atoms with Gasteiger partial charge in [-0.25, -0.2) is 4.98 Å². The van der Waals surface area contributed by atoms with Gasteiger partial charge in [0.25, 0.3) is 0 Å². The van der Waals surface area contributed by atoms with Gasteiger partial charge in [0.05, 0.1) is 11.2 Å². The minimum Gasteiger partial charge on any atom is -0.353 e. The molecule has 0 radical (unpaired) electrons. The molecule has 2 heterocycles. The average Bonchev–Trinajstić information content (AvgIpc) is 2.54. The van der Waals surface area contributed by atoms with Crippen LogP contribution < -0.4 is 5.32 Å². The van der Waals surface area contributed by atoms with E-state index in [1.165, 1.54) is 22.4 Å². The van der Waals surface area contributed by atoms with E-state index in [4.69, 9.17) is 11.6 Å².